The molecular formula is C19H28N2O2. The monoisotopic (exact) mass is 316 g/mol. The Morgan fingerprint density at radius 2 is 1.83 bits per heavy atom. The van der Waals surface area contributed by atoms with Crippen molar-refractivity contribution in [2.45, 2.75) is 47.6 Å². The van der Waals surface area contributed by atoms with Gasteiger partial charge in [0.05, 0.1) is 5.56 Å². The van der Waals surface area contributed by atoms with Gasteiger partial charge in [-0.1, -0.05) is 20.8 Å². The highest BCUT2D eigenvalue weighted by atomic mass is 16.4. The fraction of sp³-hybridized carbons (Fsp3) is 0.526. The highest BCUT2D eigenvalue weighted by molar-refractivity contribution is 5.84. The summed E-state index contributed by atoms with van der Waals surface area (Å²) in [5.41, 5.74) is 8.99. The highest BCUT2D eigenvalue weighted by Crippen LogP contribution is 2.33. The number of benzene rings is 1. The van der Waals surface area contributed by atoms with E-state index < -0.39 is 0 Å². The van der Waals surface area contributed by atoms with Gasteiger partial charge in [0.15, 0.2) is 0 Å². The number of hydrogen-bond donors (Lipinski definition) is 1. The Morgan fingerprint density at radius 3 is 2.35 bits per heavy atom. The quantitative estimate of drug-likeness (QED) is 0.866. The summed E-state index contributed by atoms with van der Waals surface area (Å²) >= 11 is 0. The third-order valence-corrected chi connectivity index (χ3v) is 4.57. The number of nitrogens with two attached hydrogens (primary N) is 1. The predicted molar refractivity (Wildman–Crippen MR) is 97.2 cm³/mol. The van der Waals surface area contributed by atoms with E-state index in [2.05, 4.69) is 24.8 Å². The van der Waals surface area contributed by atoms with Gasteiger partial charge in [-0.25, -0.2) is 4.79 Å². The third-order valence-electron chi connectivity index (χ3n) is 4.57. The summed E-state index contributed by atoms with van der Waals surface area (Å²) in [7, 11) is 0. The topological polar surface area (TPSA) is 59.5 Å². The zero-order valence-corrected chi connectivity index (χ0v) is 15.1. The fourth-order valence-corrected chi connectivity index (χ4v) is 2.94. The van der Waals surface area contributed by atoms with Crippen LogP contribution in [0.3, 0.4) is 0 Å². The Morgan fingerprint density at radius 1 is 1.22 bits per heavy atom. The Balaban J connectivity index is 2.65. The lowest BCUT2D eigenvalue weighted by atomic mass is 9.82. The average Bonchev–Trinajstić information content (AvgIpc) is 2.47. The minimum Gasteiger partial charge on any atom is -0.422 e. The first kappa shape index (κ1) is 17.5. The maximum Gasteiger partial charge on any atom is 0.341 e. The molecule has 4 nitrogen and oxygen atoms in total. The smallest absolute Gasteiger partial charge is 0.341 e. The van der Waals surface area contributed by atoms with Gasteiger partial charge in [0.1, 0.15) is 5.58 Å². The summed E-state index contributed by atoms with van der Waals surface area (Å²) in [6, 6.07) is 5.70. The second-order valence-corrected chi connectivity index (χ2v) is 7.12. The van der Waals surface area contributed by atoms with Crippen LogP contribution in [0.15, 0.2) is 27.4 Å². The van der Waals surface area contributed by atoms with Crippen LogP contribution < -0.4 is 16.3 Å². The van der Waals surface area contributed by atoms with Crippen molar-refractivity contribution in [3.05, 3.63) is 39.7 Å². The first-order chi connectivity index (χ1) is 10.7. The molecule has 1 aromatic carbocycles. The van der Waals surface area contributed by atoms with Crippen LogP contribution >= 0.6 is 0 Å². The van der Waals surface area contributed by atoms with E-state index in [1.54, 1.807) is 0 Å². The van der Waals surface area contributed by atoms with Crippen molar-refractivity contribution in [1.82, 2.24) is 0 Å². The first-order valence-electron chi connectivity index (χ1n) is 8.28. The number of aryl methyl sites for hydroxylation is 1. The normalized spacial score (nSPS) is 13.3. The van der Waals surface area contributed by atoms with E-state index in [4.69, 9.17) is 10.2 Å². The molecule has 0 aliphatic heterocycles. The van der Waals surface area contributed by atoms with Crippen LogP contribution in [0.25, 0.3) is 11.0 Å². The SMILES string of the molecule is CCN(CC)c1ccc2c(C)c(C(N)C(C)(C)C)c(=O)oc2c1. The predicted octanol–water partition coefficient (Wildman–Crippen LogP) is 3.99. The molecule has 2 rings (SSSR count). The summed E-state index contributed by atoms with van der Waals surface area (Å²) < 4.78 is 5.61. The molecule has 1 heterocycles. The number of nitrogens with zero attached hydrogens (tertiary/aromatic N) is 1. The van der Waals surface area contributed by atoms with Crippen LogP contribution in [0, 0.1) is 12.3 Å². The van der Waals surface area contributed by atoms with Gasteiger partial charge in [0.25, 0.3) is 0 Å². The highest BCUT2D eigenvalue weighted by Gasteiger charge is 2.28. The molecule has 1 aromatic heterocycles. The van der Waals surface area contributed by atoms with Crippen LogP contribution in [0.2, 0.25) is 0 Å². The van der Waals surface area contributed by atoms with Crippen molar-refractivity contribution in [3.63, 3.8) is 0 Å². The minimum atomic E-state index is -0.356. The number of hydrogen-bond acceptors (Lipinski definition) is 4. The molecule has 4 heteroatoms. The standard InChI is InChI=1S/C19H28N2O2/c1-7-21(8-2)13-9-10-14-12(3)16(17(20)19(4,5)6)18(22)23-15(14)11-13/h9-11,17H,7-8,20H2,1-6H3. The van der Waals surface area contributed by atoms with Gasteiger partial charge in [-0.2, -0.15) is 0 Å². The Kier molecular flexibility index (Phi) is 4.85. The van der Waals surface area contributed by atoms with Gasteiger partial charge in [-0.05, 0) is 43.9 Å². The maximum absolute atomic E-state index is 12.5. The van der Waals surface area contributed by atoms with Crippen molar-refractivity contribution in [2.24, 2.45) is 11.1 Å². The molecule has 0 radical (unpaired) electrons. The molecule has 2 aromatic rings. The van der Waals surface area contributed by atoms with E-state index >= 15 is 0 Å². The summed E-state index contributed by atoms with van der Waals surface area (Å²) in [6.45, 7) is 14.1. The van der Waals surface area contributed by atoms with Crippen LogP contribution in [0.5, 0.6) is 0 Å². The molecule has 2 N–H and O–H groups in total. The van der Waals surface area contributed by atoms with Gasteiger partial charge < -0.3 is 15.1 Å². The van der Waals surface area contributed by atoms with E-state index in [1.807, 2.05) is 39.8 Å². The van der Waals surface area contributed by atoms with Gasteiger partial charge in [-0.3, -0.25) is 0 Å². The van der Waals surface area contributed by atoms with E-state index in [1.165, 1.54) is 0 Å². The molecule has 0 spiro atoms. The molecule has 1 unspecified atom stereocenters. The van der Waals surface area contributed by atoms with E-state index in [0.717, 1.165) is 29.7 Å². The first-order valence-corrected chi connectivity index (χ1v) is 8.28. The third kappa shape index (κ3) is 3.27. The number of rotatable bonds is 4. The van der Waals surface area contributed by atoms with Gasteiger partial charge >= 0.3 is 5.63 Å². The molecule has 1 atom stereocenters. The molecule has 0 aliphatic carbocycles. The van der Waals surface area contributed by atoms with Crippen molar-refractivity contribution >= 4 is 16.7 Å². The Bertz CT molecular complexity index is 752. The van der Waals surface area contributed by atoms with E-state index in [0.29, 0.717) is 11.1 Å². The number of fused-ring (bicyclic) bond motifs is 1. The molecule has 0 fully saturated rings. The van der Waals surface area contributed by atoms with Crippen molar-refractivity contribution in [1.29, 1.82) is 0 Å². The van der Waals surface area contributed by atoms with E-state index in [9.17, 15) is 4.79 Å². The van der Waals surface area contributed by atoms with Crippen molar-refractivity contribution < 1.29 is 4.42 Å². The molecule has 0 aliphatic rings. The Hall–Kier alpha value is -1.81. The minimum absolute atomic E-state index is 0.200. The van der Waals surface area contributed by atoms with Gasteiger partial charge in [0.2, 0.25) is 0 Å². The molecule has 0 saturated carbocycles. The lowest BCUT2D eigenvalue weighted by molar-refractivity contribution is 0.318. The van der Waals surface area contributed by atoms with E-state index in [-0.39, 0.29) is 17.1 Å². The van der Waals surface area contributed by atoms with Crippen LogP contribution in [0.1, 0.15) is 51.8 Å². The van der Waals surface area contributed by atoms with Crippen molar-refractivity contribution in [3.8, 4) is 0 Å². The van der Waals surface area contributed by atoms with Crippen LogP contribution in [-0.2, 0) is 0 Å². The molecule has 0 saturated heterocycles. The number of anilines is 1. The molecular weight excluding hydrogens is 288 g/mol. The maximum atomic E-state index is 12.5. The summed E-state index contributed by atoms with van der Waals surface area (Å²) in [5.74, 6) is 0. The molecule has 23 heavy (non-hydrogen) atoms. The zero-order valence-electron chi connectivity index (χ0n) is 15.1. The molecule has 126 valence electrons. The zero-order chi connectivity index (χ0) is 17.4. The molecule has 0 bridgehead atoms. The molecule has 0 amide bonds. The Labute approximate surface area is 138 Å². The van der Waals surface area contributed by atoms with Crippen LogP contribution in [0.4, 0.5) is 5.69 Å². The summed E-state index contributed by atoms with van der Waals surface area (Å²) in [4.78, 5) is 14.7. The second-order valence-electron chi connectivity index (χ2n) is 7.12. The summed E-state index contributed by atoms with van der Waals surface area (Å²) in [6.07, 6.45) is 0. The van der Waals surface area contributed by atoms with Crippen LogP contribution in [-0.4, -0.2) is 13.1 Å². The second kappa shape index (κ2) is 6.36. The lowest BCUT2D eigenvalue weighted by Gasteiger charge is -2.28. The van der Waals surface area contributed by atoms with Gasteiger partial charge in [-0.15, -0.1) is 0 Å². The van der Waals surface area contributed by atoms with Crippen molar-refractivity contribution in [2.75, 3.05) is 18.0 Å². The average molecular weight is 316 g/mol. The lowest BCUT2D eigenvalue weighted by Crippen LogP contribution is -2.31. The fourth-order valence-electron chi connectivity index (χ4n) is 2.94. The van der Waals surface area contributed by atoms with Gasteiger partial charge in [0, 0.05) is 36.3 Å². The summed E-state index contributed by atoms with van der Waals surface area (Å²) in [5, 5.41) is 0.954. The largest absolute Gasteiger partial charge is 0.422 e.